The van der Waals surface area contributed by atoms with Gasteiger partial charge in [-0.25, -0.2) is 9.97 Å². The summed E-state index contributed by atoms with van der Waals surface area (Å²) in [6, 6.07) is 0. The molecule has 2 rings (SSSR count). The molecule has 1 heterocycles. The van der Waals surface area contributed by atoms with Gasteiger partial charge < -0.3 is 5.11 Å². The van der Waals surface area contributed by atoms with Crippen molar-refractivity contribution in [1.29, 1.82) is 0 Å². The Hall–Kier alpha value is -1.48. The van der Waals surface area contributed by atoms with Gasteiger partial charge in [-0.15, -0.1) is 0 Å². The fourth-order valence-corrected chi connectivity index (χ4v) is 1.82. The molecule has 78 valence electrons. The molecule has 0 amide bonds. The minimum atomic E-state index is -0.324. The topological polar surface area (TPSA) is 46.0 Å². The van der Waals surface area contributed by atoms with E-state index in [-0.39, 0.29) is 12.0 Å². The first-order chi connectivity index (χ1) is 7.33. The minimum absolute atomic E-state index is 0.0843. The fourth-order valence-electron chi connectivity index (χ4n) is 1.82. The van der Waals surface area contributed by atoms with Crippen molar-refractivity contribution in [2.45, 2.75) is 19.4 Å². The lowest BCUT2D eigenvalue weighted by molar-refractivity contribution is 0.149. The third-order valence-electron chi connectivity index (χ3n) is 2.68. The van der Waals surface area contributed by atoms with Gasteiger partial charge in [0.1, 0.15) is 6.33 Å². The van der Waals surface area contributed by atoms with Crippen molar-refractivity contribution < 1.29 is 5.11 Å². The normalized spacial score (nSPS) is 21.5. The van der Waals surface area contributed by atoms with Gasteiger partial charge in [0.15, 0.2) is 0 Å². The van der Waals surface area contributed by atoms with Crippen molar-refractivity contribution in [1.82, 2.24) is 9.97 Å². The first-order valence-electron chi connectivity index (χ1n) is 5.14. The lowest BCUT2D eigenvalue weighted by Crippen LogP contribution is -2.17. The molecule has 1 aliphatic rings. The standard InChI is InChI=1S/C12H14N2O/c1-2-12(15)11-5-3-4-10(11)9-6-13-8-14-7-9/h3-8,11-12,15H,2H2,1H3/t11?,12-/m0/s1. The zero-order chi connectivity index (χ0) is 10.7. The number of rotatable bonds is 3. The summed E-state index contributed by atoms with van der Waals surface area (Å²) in [5.41, 5.74) is 2.09. The van der Waals surface area contributed by atoms with Crippen molar-refractivity contribution in [2.75, 3.05) is 0 Å². The highest BCUT2D eigenvalue weighted by atomic mass is 16.3. The van der Waals surface area contributed by atoms with Crippen molar-refractivity contribution in [3.05, 3.63) is 42.5 Å². The molecule has 0 bridgehead atoms. The molecule has 15 heavy (non-hydrogen) atoms. The second-order valence-electron chi connectivity index (χ2n) is 3.64. The van der Waals surface area contributed by atoms with E-state index < -0.39 is 0 Å². The molecular formula is C12H14N2O. The van der Waals surface area contributed by atoms with Gasteiger partial charge in [0.2, 0.25) is 0 Å². The molecule has 0 saturated carbocycles. The summed E-state index contributed by atoms with van der Waals surface area (Å²) in [5.74, 6) is 0.0843. The second-order valence-corrected chi connectivity index (χ2v) is 3.64. The van der Waals surface area contributed by atoms with Crippen LogP contribution in [0.1, 0.15) is 18.9 Å². The lowest BCUT2D eigenvalue weighted by Gasteiger charge is -2.18. The van der Waals surface area contributed by atoms with Crippen LogP contribution in [0.4, 0.5) is 0 Å². The van der Waals surface area contributed by atoms with E-state index in [1.165, 1.54) is 6.33 Å². The van der Waals surface area contributed by atoms with E-state index in [4.69, 9.17) is 0 Å². The number of allylic oxidation sites excluding steroid dienone is 2. The van der Waals surface area contributed by atoms with Crippen LogP contribution in [0.5, 0.6) is 0 Å². The molecule has 1 aromatic rings. The Morgan fingerprint density at radius 3 is 2.80 bits per heavy atom. The third-order valence-corrected chi connectivity index (χ3v) is 2.68. The van der Waals surface area contributed by atoms with E-state index in [1.807, 2.05) is 25.2 Å². The van der Waals surface area contributed by atoms with Crippen LogP contribution in [0, 0.1) is 5.92 Å². The number of aromatic nitrogens is 2. The zero-order valence-electron chi connectivity index (χ0n) is 8.67. The van der Waals surface area contributed by atoms with Gasteiger partial charge in [0.05, 0.1) is 6.10 Å². The first-order valence-corrected chi connectivity index (χ1v) is 5.14. The van der Waals surface area contributed by atoms with Crippen LogP contribution in [0.25, 0.3) is 5.57 Å². The molecule has 3 nitrogen and oxygen atoms in total. The monoisotopic (exact) mass is 202 g/mol. The van der Waals surface area contributed by atoms with Crippen LogP contribution in [-0.4, -0.2) is 21.2 Å². The van der Waals surface area contributed by atoms with Gasteiger partial charge in [-0.3, -0.25) is 0 Å². The van der Waals surface area contributed by atoms with E-state index in [0.717, 1.165) is 17.6 Å². The van der Waals surface area contributed by atoms with Crippen LogP contribution in [0.2, 0.25) is 0 Å². The average Bonchev–Trinajstić information content (AvgIpc) is 2.78. The molecule has 0 spiro atoms. The molecule has 0 saturated heterocycles. The molecule has 3 heteroatoms. The summed E-state index contributed by atoms with van der Waals surface area (Å²) in [6.45, 7) is 1.98. The van der Waals surface area contributed by atoms with Crippen molar-refractivity contribution in [2.24, 2.45) is 5.92 Å². The highest BCUT2D eigenvalue weighted by molar-refractivity contribution is 5.72. The van der Waals surface area contributed by atoms with Gasteiger partial charge in [-0.2, -0.15) is 0 Å². The summed E-state index contributed by atoms with van der Waals surface area (Å²) in [7, 11) is 0. The van der Waals surface area contributed by atoms with Crippen molar-refractivity contribution in [3.8, 4) is 0 Å². The predicted octanol–water partition coefficient (Wildman–Crippen LogP) is 1.82. The van der Waals surface area contributed by atoms with Crippen molar-refractivity contribution in [3.63, 3.8) is 0 Å². The number of hydrogen-bond donors (Lipinski definition) is 1. The van der Waals surface area contributed by atoms with E-state index in [0.29, 0.717) is 0 Å². The van der Waals surface area contributed by atoms with Crippen molar-refractivity contribution >= 4 is 5.57 Å². The van der Waals surface area contributed by atoms with Gasteiger partial charge in [0, 0.05) is 23.9 Å². The summed E-state index contributed by atoms with van der Waals surface area (Å²) >= 11 is 0. The molecule has 1 aromatic heterocycles. The summed E-state index contributed by atoms with van der Waals surface area (Å²) in [4.78, 5) is 7.98. The Bertz CT molecular complexity index is 384. The summed E-state index contributed by atoms with van der Waals surface area (Å²) in [6.07, 6.45) is 11.5. The number of hydrogen-bond acceptors (Lipinski definition) is 3. The van der Waals surface area contributed by atoms with Gasteiger partial charge in [-0.1, -0.05) is 25.2 Å². The predicted molar refractivity (Wildman–Crippen MR) is 58.9 cm³/mol. The molecule has 1 aliphatic carbocycles. The maximum Gasteiger partial charge on any atom is 0.115 e. The first kappa shape index (κ1) is 10.1. The zero-order valence-corrected chi connectivity index (χ0v) is 8.67. The van der Waals surface area contributed by atoms with E-state index in [9.17, 15) is 5.11 Å². The van der Waals surface area contributed by atoms with Crippen LogP contribution in [0.15, 0.2) is 36.9 Å². The Morgan fingerprint density at radius 1 is 1.40 bits per heavy atom. The second kappa shape index (κ2) is 4.36. The molecule has 0 fully saturated rings. The van der Waals surface area contributed by atoms with Gasteiger partial charge in [0.25, 0.3) is 0 Å². The molecule has 2 atom stereocenters. The fraction of sp³-hybridized carbons (Fsp3) is 0.333. The molecular weight excluding hydrogens is 188 g/mol. The molecule has 1 unspecified atom stereocenters. The third kappa shape index (κ3) is 1.97. The maximum atomic E-state index is 9.86. The van der Waals surface area contributed by atoms with E-state index in [1.54, 1.807) is 12.4 Å². The van der Waals surface area contributed by atoms with E-state index >= 15 is 0 Å². The lowest BCUT2D eigenvalue weighted by atomic mass is 9.91. The summed E-state index contributed by atoms with van der Waals surface area (Å²) < 4.78 is 0. The van der Waals surface area contributed by atoms with Gasteiger partial charge >= 0.3 is 0 Å². The Morgan fingerprint density at radius 2 is 2.13 bits per heavy atom. The SMILES string of the molecule is CC[C@H](O)C1C=CC=C1c1cncnc1. The minimum Gasteiger partial charge on any atom is -0.392 e. The largest absolute Gasteiger partial charge is 0.392 e. The molecule has 0 aromatic carbocycles. The molecule has 1 N–H and O–H groups in total. The number of nitrogens with zero attached hydrogens (tertiary/aromatic N) is 2. The molecule has 0 radical (unpaired) electrons. The average molecular weight is 202 g/mol. The quantitative estimate of drug-likeness (QED) is 0.813. The van der Waals surface area contributed by atoms with Crippen LogP contribution in [0.3, 0.4) is 0 Å². The van der Waals surface area contributed by atoms with E-state index in [2.05, 4.69) is 9.97 Å². The highest BCUT2D eigenvalue weighted by Gasteiger charge is 2.22. The summed E-state index contributed by atoms with van der Waals surface area (Å²) in [5, 5.41) is 9.86. The Labute approximate surface area is 89.2 Å². The molecule has 0 aliphatic heterocycles. The highest BCUT2D eigenvalue weighted by Crippen LogP contribution is 2.31. The van der Waals surface area contributed by atoms with Gasteiger partial charge in [-0.05, 0) is 12.0 Å². The Kier molecular flexibility index (Phi) is 2.92. The Balaban J connectivity index is 2.24. The van der Waals surface area contributed by atoms with Crippen LogP contribution >= 0.6 is 0 Å². The number of aliphatic hydroxyl groups is 1. The maximum absolute atomic E-state index is 9.86. The number of aliphatic hydroxyl groups excluding tert-OH is 1. The smallest absolute Gasteiger partial charge is 0.115 e. The van der Waals surface area contributed by atoms with Crippen LogP contribution < -0.4 is 0 Å². The van der Waals surface area contributed by atoms with Crippen LogP contribution in [-0.2, 0) is 0 Å².